The zero-order chi connectivity index (χ0) is 34.2. The van der Waals surface area contributed by atoms with E-state index in [2.05, 4.69) is 150 Å². The maximum absolute atomic E-state index is 6.68. The highest BCUT2D eigenvalue weighted by molar-refractivity contribution is 6.17. The topological polar surface area (TPSA) is 42.7 Å². The third kappa shape index (κ3) is 4.34. The first-order chi connectivity index (χ1) is 25.8. The lowest BCUT2D eigenvalue weighted by molar-refractivity contribution is 0.665. The van der Waals surface area contributed by atoms with Gasteiger partial charge in [-0.25, -0.2) is 0 Å². The average molecular weight is 668 g/mol. The molecule has 0 atom stereocenters. The second-order valence-corrected chi connectivity index (χ2v) is 13.2. The van der Waals surface area contributed by atoms with Crippen molar-refractivity contribution in [3.8, 4) is 22.3 Å². The molecule has 0 aliphatic heterocycles. The summed E-state index contributed by atoms with van der Waals surface area (Å²) in [6.45, 7) is 0. The molecule has 0 bridgehead atoms. The first kappa shape index (κ1) is 28.8. The number of fused-ring (bicyclic) bond motifs is 9. The highest BCUT2D eigenvalue weighted by atomic mass is 16.3. The van der Waals surface area contributed by atoms with Crippen LogP contribution in [0.3, 0.4) is 0 Å². The lowest BCUT2D eigenvalue weighted by Gasteiger charge is -2.25. The minimum absolute atomic E-state index is 0.841. The van der Waals surface area contributed by atoms with Crippen molar-refractivity contribution >= 4 is 82.9 Å². The fourth-order valence-corrected chi connectivity index (χ4v) is 7.93. The first-order valence-electron chi connectivity index (χ1n) is 17.5. The Kier molecular flexibility index (Phi) is 6.22. The van der Waals surface area contributed by atoms with Crippen LogP contribution in [0.5, 0.6) is 0 Å². The molecule has 11 aromatic rings. The van der Waals surface area contributed by atoms with Gasteiger partial charge in [0.25, 0.3) is 0 Å². The molecule has 52 heavy (non-hydrogen) atoms. The van der Waals surface area contributed by atoms with Crippen LogP contribution in [0.15, 0.2) is 189 Å². The number of furan rings is 3. The summed E-state index contributed by atoms with van der Waals surface area (Å²) in [7, 11) is 0. The first-order valence-corrected chi connectivity index (χ1v) is 17.5. The van der Waals surface area contributed by atoms with E-state index in [1.807, 2.05) is 30.3 Å². The van der Waals surface area contributed by atoms with Crippen molar-refractivity contribution < 1.29 is 13.3 Å². The molecule has 0 N–H and O–H groups in total. The summed E-state index contributed by atoms with van der Waals surface area (Å²) >= 11 is 0. The smallest absolute Gasteiger partial charge is 0.143 e. The van der Waals surface area contributed by atoms with E-state index in [1.165, 1.54) is 0 Å². The summed E-state index contributed by atoms with van der Waals surface area (Å²) in [6.07, 6.45) is 0. The number of anilines is 3. The molecule has 0 saturated carbocycles. The standard InChI is InChI=1S/C48H29NO3/c1-3-12-31(13-4-1)49(32-14-5-2-6-15-32)33-25-27-44-41(29-33)38-21-10-19-36(48(38)52-44)35-18-9-20-37-40-28-30(24-26-43(40)51-47(35)37)34-17-11-23-45-46(34)39-16-7-8-22-42(39)50-45/h1-29H. The highest BCUT2D eigenvalue weighted by Gasteiger charge is 2.20. The molecule has 0 fully saturated rings. The maximum atomic E-state index is 6.68. The molecule has 0 saturated heterocycles. The van der Waals surface area contributed by atoms with E-state index in [0.29, 0.717) is 0 Å². The van der Waals surface area contributed by atoms with E-state index in [-0.39, 0.29) is 0 Å². The van der Waals surface area contributed by atoms with Crippen LogP contribution in [0, 0.1) is 0 Å². The van der Waals surface area contributed by atoms with Crippen molar-refractivity contribution in [2.45, 2.75) is 0 Å². The number of hydrogen-bond acceptors (Lipinski definition) is 4. The third-order valence-electron chi connectivity index (χ3n) is 10.3. The largest absolute Gasteiger partial charge is 0.456 e. The lowest BCUT2D eigenvalue weighted by atomic mass is 9.97. The van der Waals surface area contributed by atoms with Gasteiger partial charge in [-0.15, -0.1) is 0 Å². The molecular weight excluding hydrogens is 639 g/mol. The second-order valence-electron chi connectivity index (χ2n) is 13.2. The second kappa shape index (κ2) is 11.2. The van der Waals surface area contributed by atoms with Gasteiger partial charge in [0.2, 0.25) is 0 Å². The van der Waals surface area contributed by atoms with E-state index in [9.17, 15) is 0 Å². The number of rotatable bonds is 5. The predicted molar refractivity (Wildman–Crippen MR) is 214 cm³/mol. The van der Waals surface area contributed by atoms with Gasteiger partial charge in [-0.2, -0.15) is 0 Å². The molecule has 3 heterocycles. The van der Waals surface area contributed by atoms with Crippen molar-refractivity contribution in [2.24, 2.45) is 0 Å². The van der Waals surface area contributed by atoms with Crippen LogP contribution < -0.4 is 4.90 Å². The van der Waals surface area contributed by atoms with Gasteiger partial charge in [0.05, 0.1) is 0 Å². The molecule has 4 heteroatoms. The van der Waals surface area contributed by atoms with Crippen molar-refractivity contribution in [3.05, 3.63) is 176 Å². The monoisotopic (exact) mass is 667 g/mol. The summed E-state index contributed by atoms with van der Waals surface area (Å²) in [4.78, 5) is 2.28. The van der Waals surface area contributed by atoms with Gasteiger partial charge in [0.15, 0.2) is 0 Å². The van der Waals surface area contributed by atoms with E-state index < -0.39 is 0 Å². The van der Waals surface area contributed by atoms with E-state index in [4.69, 9.17) is 13.3 Å². The molecule has 11 rings (SSSR count). The van der Waals surface area contributed by atoms with Crippen molar-refractivity contribution in [2.75, 3.05) is 4.90 Å². The molecule has 0 amide bonds. The van der Waals surface area contributed by atoms with Crippen LogP contribution >= 0.6 is 0 Å². The van der Waals surface area contributed by atoms with E-state index in [1.54, 1.807) is 0 Å². The van der Waals surface area contributed by atoms with Gasteiger partial charge in [-0.3, -0.25) is 0 Å². The molecular formula is C48H29NO3. The Morgan fingerprint density at radius 2 is 0.827 bits per heavy atom. The third-order valence-corrected chi connectivity index (χ3v) is 10.3. The molecule has 244 valence electrons. The number of hydrogen-bond donors (Lipinski definition) is 0. The van der Waals surface area contributed by atoms with Crippen LogP contribution in [-0.2, 0) is 0 Å². The minimum Gasteiger partial charge on any atom is -0.456 e. The summed E-state index contributed by atoms with van der Waals surface area (Å²) in [5, 5.41) is 6.51. The van der Waals surface area contributed by atoms with Gasteiger partial charge in [-0.05, 0) is 77.9 Å². The van der Waals surface area contributed by atoms with Crippen LogP contribution in [-0.4, -0.2) is 0 Å². The van der Waals surface area contributed by atoms with E-state index >= 15 is 0 Å². The highest BCUT2D eigenvalue weighted by Crippen LogP contribution is 2.44. The van der Waals surface area contributed by atoms with Crippen LogP contribution in [0.1, 0.15) is 0 Å². The van der Waals surface area contributed by atoms with Gasteiger partial charge in [0.1, 0.15) is 33.5 Å². The lowest BCUT2D eigenvalue weighted by Crippen LogP contribution is -2.09. The zero-order valence-corrected chi connectivity index (χ0v) is 27.9. The van der Waals surface area contributed by atoms with Crippen LogP contribution in [0.2, 0.25) is 0 Å². The average Bonchev–Trinajstić information content (AvgIpc) is 3.90. The van der Waals surface area contributed by atoms with Crippen molar-refractivity contribution in [1.29, 1.82) is 0 Å². The normalized spacial score (nSPS) is 11.8. The summed E-state index contributed by atoms with van der Waals surface area (Å²) in [5.74, 6) is 0. The molecule has 0 aliphatic rings. The molecule has 4 nitrogen and oxygen atoms in total. The van der Waals surface area contributed by atoms with Gasteiger partial charge in [-0.1, -0.05) is 109 Å². The molecule has 0 radical (unpaired) electrons. The summed E-state index contributed by atoms with van der Waals surface area (Å²) in [5.41, 5.74) is 12.7. The molecule has 3 aromatic heterocycles. The molecule has 0 aliphatic carbocycles. The summed E-state index contributed by atoms with van der Waals surface area (Å²) in [6, 6.07) is 61.2. The Hall–Kier alpha value is -7.04. The zero-order valence-electron chi connectivity index (χ0n) is 27.9. The van der Waals surface area contributed by atoms with Crippen molar-refractivity contribution in [1.82, 2.24) is 0 Å². The quantitative estimate of drug-likeness (QED) is 0.183. The van der Waals surface area contributed by atoms with E-state index in [0.717, 1.165) is 105 Å². The number of para-hydroxylation sites is 5. The Bertz CT molecular complexity index is 3090. The molecule has 8 aromatic carbocycles. The van der Waals surface area contributed by atoms with Crippen LogP contribution in [0.4, 0.5) is 17.1 Å². The summed E-state index contributed by atoms with van der Waals surface area (Å²) < 4.78 is 19.6. The van der Waals surface area contributed by atoms with Gasteiger partial charge >= 0.3 is 0 Å². The Morgan fingerprint density at radius 1 is 0.308 bits per heavy atom. The molecule has 0 spiro atoms. The fourth-order valence-electron chi connectivity index (χ4n) is 7.93. The number of nitrogens with zero attached hydrogens (tertiary/aromatic N) is 1. The van der Waals surface area contributed by atoms with Crippen molar-refractivity contribution in [3.63, 3.8) is 0 Å². The Morgan fingerprint density at radius 3 is 1.52 bits per heavy atom. The number of benzene rings is 8. The maximum Gasteiger partial charge on any atom is 0.143 e. The van der Waals surface area contributed by atoms with Gasteiger partial charge in [0, 0.05) is 60.5 Å². The van der Waals surface area contributed by atoms with Gasteiger partial charge < -0.3 is 18.2 Å². The SMILES string of the molecule is c1ccc(N(c2ccccc2)c2ccc3oc4c(-c5cccc6c5oc5ccc(-c7cccc8oc9ccccc9c78)cc56)cccc4c3c2)cc1. The fraction of sp³-hybridized carbons (Fsp3) is 0. The minimum atomic E-state index is 0.841. The Balaban J connectivity index is 1.06. The predicted octanol–water partition coefficient (Wildman–Crippen LogP) is 14.2. The molecule has 0 unspecified atom stereocenters. The Labute approximate surface area is 298 Å². The van der Waals surface area contributed by atoms with Crippen LogP contribution in [0.25, 0.3) is 88.1 Å².